The Kier molecular flexibility index (Phi) is 6.05. The summed E-state index contributed by atoms with van der Waals surface area (Å²) in [5.41, 5.74) is 2.85. The van der Waals surface area contributed by atoms with Crippen LogP contribution in [0.15, 0.2) is 72.9 Å². The molecule has 0 unspecified atom stereocenters. The van der Waals surface area contributed by atoms with Gasteiger partial charge in [-0.05, 0) is 35.7 Å². The molecule has 0 spiro atoms. The van der Waals surface area contributed by atoms with Crippen molar-refractivity contribution in [3.63, 3.8) is 0 Å². The lowest BCUT2D eigenvalue weighted by Crippen LogP contribution is -2.27. The van der Waals surface area contributed by atoms with Gasteiger partial charge in [0.2, 0.25) is 11.8 Å². The van der Waals surface area contributed by atoms with Crippen molar-refractivity contribution in [1.29, 1.82) is 0 Å². The van der Waals surface area contributed by atoms with Crippen LogP contribution in [0.5, 0.6) is 5.88 Å². The largest absolute Gasteiger partial charge is 0.481 e. The van der Waals surface area contributed by atoms with E-state index in [1.54, 1.807) is 25.4 Å². The lowest BCUT2D eigenvalue weighted by atomic mass is 9.99. The van der Waals surface area contributed by atoms with Crippen LogP contribution in [0.3, 0.4) is 0 Å². The molecule has 1 N–H and O–H groups in total. The highest BCUT2D eigenvalue weighted by Crippen LogP contribution is 2.37. The van der Waals surface area contributed by atoms with Crippen LogP contribution >= 0.6 is 0 Å². The van der Waals surface area contributed by atoms with E-state index >= 15 is 0 Å². The average Bonchev–Trinajstić information content (AvgIpc) is 3.19. The Hall–Kier alpha value is -3.25. The maximum Gasteiger partial charge on any atom is 0.228 e. The maximum atomic E-state index is 13.4. The van der Waals surface area contributed by atoms with Crippen LogP contribution in [0.25, 0.3) is 0 Å². The van der Waals surface area contributed by atoms with Gasteiger partial charge < -0.3 is 10.1 Å². The Labute approximate surface area is 175 Å². The van der Waals surface area contributed by atoms with Crippen LogP contribution in [0.4, 0.5) is 10.1 Å². The molecule has 1 amide bonds. The van der Waals surface area contributed by atoms with Crippen LogP contribution in [-0.2, 0) is 11.3 Å². The highest BCUT2D eigenvalue weighted by Gasteiger charge is 2.36. The maximum absolute atomic E-state index is 13.4. The molecule has 3 aromatic rings. The summed E-state index contributed by atoms with van der Waals surface area (Å²) in [6.45, 7) is 1.36. The molecule has 1 saturated heterocycles. The van der Waals surface area contributed by atoms with Crippen molar-refractivity contribution in [2.24, 2.45) is 5.92 Å². The molecule has 1 aliphatic heterocycles. The van der Waals surface area contributed by atoms with Crippen molar-refractivity contribution in [3.05, 3.63) is 89.9 Å². The molecule has 1 fully saturated rings. The van der Waals surface area contributed by atoms with E-state index in [2.05, 4.69) is 27.3 Å². The molecule has 0 bridgehead atoms. The standard InChI is InChI=1S/C24H24FN3O2/c1-30-23-12-11-21(14-26-23)27-24(29)19-13-22(18-7-9-20(25)10-8-18)28(16-19)15-17-5-3-2-4-6-17/h2-12,14,19,22H,13,15-16H2,1H3,(H,27,29)/t19-,22+/m1/s1. The van der Waals surface area contributed by atoms with Crippen molar-refractivity contribution in [2.45, 2.75) is 19.0 Å². The molecule has 0 saturated carbocycles. The van der Waals surface area contributed by atoms with Gasteiger partial charge in [-0.3, -0.25) is 9.69 Å². The number of benzene rings is 2. The summed E-state index contributed by atoms with van der Waals surface area (Å²) in [6, 6.07) is 20.3. The summed E-state index contributed by atoms with van der Waals surface area (Å²) in [5, 5.41) is 2.96. The van der Waals surface area contributed by atoms with Gasteiger partial charge in [0.25, 0.3) is 0 Å². The molecule has 2 heterocycles. The molecule has 1 aromatic heterocycles. The first-order chi connectivity index (χ1) is 14.6. The third-order valence-electron chi connectivity index (χ3n) is 5.47. The topological polar surface area (TPSA) is 54.5 Å². The Balaban J connectivity index is 1.51. The smallest absolute Gasteiger partial charge is 0.228 e. The highest BCUT2D eigenvalue weighted by atomic mass is 19.1. The second-order valence-electron chi connectivity index (χ2n) is 7.49. The Morgan fingerprint density at radius 2 is 1.90 bits per heavy atom. The summed E-state index contributed by atoms with van der Waals surface area (Å²) in [7, 11) is 1.55. The molecular formula is C24H24FN3O2. The van der Waals surface area contributed by atoms with E-state index in [9.17, 15) is 9.18 Å². The minimum Gasteiger partial charge on any atom is -0.481 e. The zero-order valence-electron chi connectivity index (χ0n) is 16.8. The molecule has 6 heteroatoms. The molecule has 4 rings (SSSR count). The van der Waals surface area contributed by atoms with Crippen LogP contribution < -0.4 is 10.1 Å². The van der Waals surface area contributed by atoms with Gasteiger partial charge in [-0.2, -0.15) is 0 Å². The van der Waals surface area contributed by atoms with Crippen molar-refractivity contribution in [2.75, 3.05) is 19.0 Å². The summed E-state index contributed by atoms with van der Waals surface area (Å²) in [5.74, 6) is 0.0300. The van der Waals surface area contributed by atoms with E-state index in [0.717, 1.165) is 12.1 Å². The van der Waals surface area contributed by atoms with Crippen LogP contribution in [-0.4, -0.2) is 29.4 Å². The second-order valence-corrected chi connectivity index (χ2v) is 7.49. The zero-order chi connectivity index (χ0) is 20.9. The number of nitrogens with one attached hydrogen (secondary N) is 1. The van der Waals surface area contributed by atoms with Crippen LogP contribution in [0.1, 0.15) is 23.6 Å². The Morgan fingerprint density at radius 3 is 2.57 bits per heavy atom. The van der Waals surface area contributed by atoms with Gasteiger partial charge in [-0.1, -0.05) is 42.5 Å². The molecule has 2 aromatic carbocycles. The van der Waals surface area contributed by atoms with Crippen molar-refractivity contribution >= 4 is 11.6 Å². The van der Waals surface area contributed by atoms with E-state index in [1.807, 2.05) is 30.3 Å². The van der Waals surface area contributed by atoms with E-state index in [1.165, 1.54) is 17.7 Å². The van der Waals surface area contributed by atoms with E-state index in [4.69, 9.17) is 4.74 Å². The number of hydrogen-bond acceptors (Lipinski definition) is 4. The van der Waals surface area contributed by atoms with E-state index < -0.39 is 0 Å². The molecule has 5 nitrogen and oxygen atoms in total. The lowest BCUT2D eigenvalue weighted by molar-refractivity contribution is -0.119. The third kappa shape index (κ3) is 4.66. The normalized spacial score (nSPS) is 18.9. The highest BCUT2D eigenvalue weighted by molar-refractivity contribution is 5.92. The zero-order valence-corrected chi connectivity index (χ0v) is 16.8. The minimum absolute atomic E-state index is 0.0374. The van der Waals surface area contributed by atoms with Gasteiger partial charge in [-0.15, -0.1) is 0 Å². The Bertz CT molecular complexity index is 978. The number of amides is 1. The fraction of sp³-hybridized carbons (Fsp3) is 0.250. The van der Waals surface area contributed by atoms with Gasteiger partial charge in [0.05, 0.1) is 24.9 Å². The molecule has 30 heavy (non-hydrogen) atoms. The lowest BCUT2D eigenvalue weighted by Gasteiger charge is -2.24. The number of likely N-dealkylation sites (tertiary alicyclic amines) is 1. The van der Waals surface area contributed by atoms with E-state index in [0.29, 0.717) is 24.5 Å². The minimum atomic E-state index is -0.257. The number of rotatable bonds is 6. The molecule has 0 aliphatic carbocycles. The van der Waals surface area contributed by atoms with Crippen molar-refractivity contribution < 1.29 is 13.9 Å². The average molecular weight is 405 g/mol. The number of hydrogen-bond donors (Lipinski definition) is 1. The number of pyridine rings is 1. The monoisotopic (exact) mass is 405 g/mol. The molecule has 1 aliphatic rings. The number of aromatic nitrogens is 1. The number of anilines is 1. The van der Waals surface area contributed by atoms with Gasteiger partial charge in [0.1, 0.15) is 5.82 Å². The summed E-state index contributed by atoms with van der Waals surface area (Å²) in [6.07, 6.45) is 2.26. The fourth-order valence-electron chi connectivity index (χ4n) is 3.94. The van der Waals surface area contributed by atoms with Gasteiger partial charge in [0, 0.05) is 25.2 Å². The number of methoxy groups -OCH3 is 1. The molecule has 2 atom stereocenters. The van der Waals surface area contributed by atoms with Gasteiger partial charge in [-0.25, -0.2) is 9.37 Å². The molecule has 154 valence electrons. The number of ether oxygens (including phenoxy) is 1. The third-order valence-corrected chi connectivity index (χ3v) is 5.47. The van der Waals surface area contributed by atoms with Gasteiger partial charge >= 0.3 is 0 Å². The first-order valence-corrected chi connectivity index (χ1v) is 9.96. The van der Waals surface area contributed by atoms with Gasteiger partial charge in [0.15, 0.2) is 0 Å². The predicted molar refractivity (Wildman–Crippen MR) is 114 cm³/mol. The summed E-state index contributed by atoms with van der Waals surface area (Å²) >= 11 is 0. The number of nitrogens with zero attached hydrogens (tertiary/aromatic N) is 2. The van der Waals surface area contributed by atoms with E-state index in [-0.39, 0.29) is 23.7 Å². The SMILES string of the molecule is COc1ccc(NC(=O)[C@@H]2C[C@@H](c3ccc(F)cc3)N(Cc3ccccc3)C2)cn1. The van der Waals surface area contributed by atoms with Crippen LogP contribution in [0.2, 0.25) is 0 Å². The van der Waals surface area contributed by atoms with Crippen LogP contribution in [0, 0.1) is 11.7 Å². The summed E-state index contributed by atoms with van der Waals surface area (Å²) < 4.78 is 18.5. The first-order valence-electron chi connectivity index (χ1n) is 9.96. The van der Waals surface area contributed by atoms with Crippen molar-refractivity contribution in [1.82, 2.24) is 9.88 Å². The number of halogens is 1. The predicted octanol–water partition coefficient (Wildman–Crippen LogP) is 4.43. The fourth-order valence-corrected chi connectivity index (χ4v) is 3.94. The molecular weight excluding hydrogens is 381 g/mol. The Morgan fingerprint density at radius 1 is 1.13 bits per heavy atom. The summed E-state index contributed by atoms with van der Waals surface area (Å²) in [4.78, 5) is 19.4. The second kappa shape index (κ2) is 9.05. The number of carbonyl (C=O) groups excluding carboxylic acids is 1. The molecule has 0 radical (unpaired) electrons. The van der Waals surface area contributed by atoms with Crippen molar-refractivity contribution in [3.8, 4) is 5.88 Å². The quantitative estimate of drug-likeness (QED) is 0.659. The number of carbonyl (C=O) groups is 1. The first kappa shape index (κ1) is 20.0.